The minimum absolute atomic E-state index is 0.115. The third-order valence-electron chi connectivity index (χ3n) is 2.78. The van der Waals surface area contributed by atoms with Gasteiger partial charge in [0.05, 0.1) is 24.8 Å². The van der Waals surface area contributed by atoms with Crippen molar-refractivity contribution >= 4 is 17.7 Å². The molecule has 0 saturated carbocycles. The first-order valence-electron chi connectivity index (χ1n) is 7.31. The molecule has 0 bridgehead atoms. The number of hydrazine groups is 2. The molecular formula is C15H24N4O4. The summed E-state index contributed by atoms with van der Waals surface area (Å²) in [5.74, 6) is -0.0136. The maximum Gasteiger partial charge on any atom is 0.330 e. The number of hydrogen-bond acceptors (Lipinski definition) is 6. The van der Waals surface area contributed by atoms with Crippen LogP contribution in [0.3, 0.4) is 0 Å². The summed E-state index contributed by atoms with van der Waals surface area (Å²) in [5, 5.41) is 2.54. The van der Waals surface area contributed by atoms with Gasteiger partial charge in [-0.1, -0.05) is 6.92 Å². The van der Waals surface area contributed by atoms with E-state index in [9.17, 15) is 9.59 Å². The molecular weight excluding hydrogens is 300 g/mol. The lowest BCUT2D eigenvalue weighted by Gasteiger charge is -2.14. The molecule has 0 aliphatic rings. The number of nitrogens with one attached hydrogen (secondary N) is 4. The molecule has 1 aromatic carbocycles. The molecule has 8 heteroatoms. The number of hydrogen-bond donors (Lipinski definition) is 4. The number of ether oxygens (including phenoxy) is 2. The van der Waals surface area contributed by atoms with E-state index in [1.165, 1.54) is 7.11 Å². The molecule has 0 heterocycles. The third kappa shape index (κ3) is 7.37. The summed E-state index contributed by atoms with van der Waals surface area (Å²) >= 11 is 0. The van der Waals surface area contributed by atoms with Crippen molar-refractivity contribution in [2.24, 2.45) is 5.92 Å². The predicted octanol–water partition coefficient (Wildman–Crippen LogP) is 1.41. The van der Waals surface area contributed by atoms with Crippen molar-refractivity contribution in [3.8, 4) is 5.75 Å². The van der Waals surface area contributed by atoms with Crippen LogP contribution >= 0.6 is 0 Å². The Morgan fingerprint density at radius 1 is 1.13 bits per heavy atom. The average molecular weight is 324 g/mol. The minimum atomic E-state index is -0.465. The van der Waals surface area contributed by atoms with E-state index >= 15 is 0 Å². The van der Waals surface area contributed by atoms with Crippen LogP contribution in [0.1, 0.15) is 20.8 Å². The number of amides is 2. The summed E-state index contributed by atoms with van der Waals surface area (Å²) in [7, 11) is 1.31. The van der Waals surface area contributed by atoms with Crippen molar-refractivity contribution < 1.29 is 19.1 Å². The van der Waals surface area contributed by atoms with Gasteiger partial charge in [0.1, 0.15) is 5.75 Å². The topological polar surface area (TPSA) is 101 Å². The molecule has 0 aliphatic carbocycles. The highest BCUT2D eigenvalue weighted by Crippen LogP contribution is 2.16. The van der Waals surface area contributed by atoms with Crippen LogP contribution in [0, 0.1) is 5.92 Å². The monoisotopic (exact) mass is 324 g/mol. The van der Waals surface area contributed by atoms with Gasteiger partial charge < -0.3 is 20.2 Å². The van der Waals surface area contributed by atoms with Gasteiger partial charge >= 0.3 is 12.0 Å². The molecule has 0 fully saturated rings. The van der Waals surface area contributed by atoms with E-state index in [1.807, 2.05) is 38.1 Å². The van der Waals surface area contributed by atoms with E-state index in [-0.39, 0.29) is 18.6 Å². The summed E-state index contributed by atoms with van der Waals surface area (Å²) in [6.45, 7) is 5.76. The molecule has 0 spiro atoms. The number of anilines is 1. The normalized spacial score (nSPS) is 11.5. The molecule has 0 radical (unpaired) electrons. The van der Waals surface area contributed by atoms with Gasteiger partial charge in [0.25, 0.3) is 0 Å². The number of carbonyl (C=O) groups is 2. The first-order valence-corrected chi connectivity index (χ1v) is 7.31. The van der Waals surface area contributed by atoms with Gasteiger partial charge in [-0.15, -0.1) is 5.53 Å². The summed E-state index contributed by atoms with van der Waals surface area (Å²) in [6, 6.07) is 6.80. The van der Waals surface area contributed by atoms with Gasteiger partial charge in [-0.2, -0.15) is 0 Å². The van der Waals surface area contributed by atoms with E-state index in [0.29, 0.717) is 0 Å². The number of urea groups is 1. The van der Waals surface area contributed by atoms with Crippen molar-refractivity contribution in [3.05, 3.63) is 24.3 Å². The Balaban J connectivity index is 2.25. The van der Waals surface area contributed by atoms with Crippen molar-refractivity contribution in [2.75, 3.05) is 19.1 Å². The fourth-order valence-electron chi connectivity index (χ4n) is 1.62. The van der Waals surface area contributed by atoms with E-state index in [0.717, 1.165) is 11.4 Å². The highest BCUT2D eigenvalue weighted by Gasteiger charge is 2.13. The first-order chi connectivity index (χ1) is 10.9. The van der Waals surface area contributed by atoms with Crippen molar-refractivity contribution in [1.82, 2.24) is 16.3 Å². The van der Waals surface area contributed by atoms with Crippen LogP contribution in [-0.2, 0) is 9.53 Å². The number of carbonyl (C=O) groups excluding carboxylic acids is 2. The van der Waals surface area contributed by atoms with Crippen LogP contribution in [0.2, 0.25) is 0 Å². The average Bonchev–Trinajstić information content (AvgIpc) is 2.53. The molecule has 23 heavy (non-hydrogen) atoms. The molecule has 0 aromatic heterocycles. The molecule has 1 aromatic rings. The van der Waals surface area contributed by atoms with Gasteiger partial charge in [-0.05, 0) is 38.1 Å². The smallest absolute Gasteiger partial charge is 0.330 e. The zero-order valence-corrected chi connectivity index (χ0v) is 13.8. The standard InChI is InChI=1S/C15H24N4O4/c1-10(2)23-13-7-5-12(6-8-13)17-19-18-15(21)16-9-11(3)14(20)22-4/h5-8,10-11,17,19H,9H2,1-4H3,(H2,16,18,21)/t11-/m0/s1. The maximum atomic E-state index is 11.5. The van der Waals surface area contributed by atoms with Crippen molar-refractivity contribution in [3.63, 3.8) is 0 Å². The van der Waals surface area contributed by atoms with Crippen molar-refractivity contribution in [1.29, 1.82) is 0 Å². The fraction of sp³-hybridized carbons (Fsp3) is 0.467. The van der Waals surface area contributed by atoms with Crippen LogP contribution in [0.5, 0.6) is 5.75 Å². The Kier molecular flexibility index (Phi) is 7.69. The Labute approximate surface area is 135 Å². The molecule has 0 unspecified atom stereocenters. The molecule has 0 saturated heterocycles. The number of rotatable bonds is 8. The molecule has 1 rings (SSSR count). The lowest BCUT2D eigenvalue weighted by Crippen LogP contribution is -2.48. The lowest BCUT2D eigenvalue weighted by molar-refractivity contribution is -0.144. The highest BCUT2D eigenvalue weighted by molar-refractivity contribution is 5.76. The molecule has 128 valence electrons. The predicted molar refractivity (Wildman–Crippen MR) is 86.7 cm³/mol. The zero-order chi connectivity index (χ0) is 17.2. The summed E-state index contributed by atoms with van der Waals surface area (Å²) < 4.78 is 10.1. The zero-order valence-electron chi connectivity index (χ0n) is 13.8. The number of benzene rings is 1. The third-order valence-corrected chi connectivity index (χ3v) is 2.78. The van der Waals surface area contributed by atoms with Gasteiger partial charge in [0.2, 0.25) is 0 Å². The second-order valence-corrected chi connectivity index (χ2v) is 5.20. The van der Waals surface area contributed by atoms with E-state index < -0.39 is 11.9 Å². The van der Waals surface area contributed by atoms with Gasteiger partial charge in [0.15, 0.2) is 0 Å². The van der Waals surface area contributed by atoms with Crippen LogP contribution in [0.15, 0.2) is 24.3 Å². The lowest BCUT2D eigenvalue weighted by atomic mass is 10.2. The number of methoxy groups -OCH3 is 1. The Hall–Kier alpha value is -2.48. The Bertz CT molecular complexity index is 505. The second kappa shape index (κ2) is 9.52. The van der Waals surface area contributed by atoms with E-state index in [1.54, 1.807) is 6.92 Å². The summed E-state index contributed by atoms with van der Waals surface area (Å²) in [5.41, 5.74) is 8.52. The SMILES string of the molecule is COC(=O)[C@@H](C)CNC(=O)NNNc1ccc(OC(C)C)cc1. The molecule has 4 N–H and O–H groups in total. The van der Waals surface area contributed by atoms with Crippen LogP contribution < -0.4 is 26.4 Å². The van der Waals surface area contributed by atoms with E-state index in [4.69, 9.17) is 4.74 Å². The summed E-state index contributed by atoms with van der Waals surface area (Å²) in [6.07, 6.45) is 0.115. The molecule has 1 atom stereocenters. The van der Waals surface area contributed by atoms with Crippen molar-refractivity contribution in [2.45, 2.75) is 26.9 Å². The second-order valence-electron chi connectivity index (χ2n) is 5.20. The first kappa shape index (κ1) is 18.6. The molecule has 8 nitrogen and oxygen atoms in total. The van der Waals surface area contributed by atoms with Gasteiger partial charge in [-0.3, -0.25) is 10.2 Å². The fourth-order valence-corrected chi connectivity index (χ4v) is 1.62. The van der Waals surface area contributed by atoms with Gasteiger partial charge in [0, 0.05) is 6.54 Å². The minimum Gasteiger partial charge on any atom is -0.491 e. The maximum absolute atomic E-state index is 11.5. The largest absolute Gasteiger partial charge is 0.491 e. The summed E-state index contributed by atoms with van der Waals surface area (Å²) in [4.78, 5) is 22.7. The quantitative estimate of drug-likeness (QED) is 0.426. The highest BCUT2D eigenvalue weighted by atomic mass is 16.5. The Morgan fingerprint density at radius 2 is 1.78 bits per heavy atom. The molecule has 2 amide bonds. The Morgan fingerprint density at radius 3 is 2.35 bits per heavy atom. The molecule has 0 aliphatic heterocycles. The van der Waals surface area contributed by atoms with Crippen LogP contribution in [0.4, 0.5) is 10.5 Å². The van der Waals surface area contributed by atoms with Gasteiger partial charge in [-0.25, -0.2) is 4.79 Å². The van der Waals surface area contributed by atoms with Crippen LogP contribution in [0.25, 0.3) is 0 Å². The van der Waals surface area contributed by atoms with E-state index in [2.05, 4.69) is 26.4 Å². The van der Waals surface area contributed by atoms with Crippen LogP contribution in [-0.4, -0.2) is 31.8 Å². The number of esters is 1.